The molecule has 11 nitrogen and oxygen atoms in total. The van der Waals surface area contributed by atoms with E-state index in [1.54, 1.807) is 0 Å². The highest BCUT2D eigenvalue weighted by atomic mass is 32.1. The molecule has 252 valence electrons. The number of halogens is 4. The summed E-state index contributed by atoms with van der Waals surface area (Å²) in [5.74, 6) is -2.14. The van der Waals surface area contributed by atoms with Crippen LogP contribution in [0.2, 0.25) is 0 Å². The zero-order valence-corrected chi connectivity index (χ0v) is 26.8. The molecule has 3 atom stereocenters. The fourth-order valence-electron chi connectivity index (χ4n) is 5.94. The zero-order chi connectivity index (χ0) is 34.4. The van der Waals surface area contributed by atoms with Gasteiger partial charge in [0.1, 0.15) is 12.1 Å². The SMILES string of the molecule is CC(=O)N1CC[C@H]2CC[C@@H](C(=O)N(C)c3ccc(C(F)F)cc3)N2C(=O)C(NC(=O)c2cc3cc(C(F)(F)P(=O)(O)O)ccc3s2)C1. The molecule has 0 radical (unpaired) electrons. The Kier molecular flexibility index (Phi) is 9.52. The third-order valence-corrected chi connectivity index (χ3v) is 10.6. The summed E-state index contributed by atoms with van der Waals surface area (Å²) >= 11 is 0.903. The minimum absolute atomic E-state index is 0.0125. The van der Waals surface area contributed by atoms with Crippen molar-refractivity contribution in [3.8, 4) is 0 Å². The van der Waals surface area contributed by atoms with Gasteiger partial charge in [0.2, 0.25) is 17.7 Å². The molecule has 0 saturated carbocycles. The summed E-state index contributed by atoms with van der Waals surface area (Å²) in [5.41, 5.74) is -5.24. The summed E-state index contributed by atoms with van der Waals surface area (Å²) in [6.45, 7) is 1.38. The van der Waals surface area contributed by atoms with Crippen LogP contribution >= 0.6 is 18.9 Å². The molecular weight excluding hydrogens is 667 g/mol. The summed E-state index contributed by atoms with van der Waals surface area (Å²) in [4.78, 5) is 76.0. The standard InChI is InChI=1S/C30H31F4N4O7PS/c1-16(39)37-12-11-21-8-9-23(29(42)36(2)20-6-3-17(4-7-20)26(31)32)38(21)28(41)22(15-37)35-27(40)25-14-18-13-19(5-10-24(18)47-25)30(33,34)46(43,44)45/h3-7,10,13-14,21-23,26H,8-9,11-12,15H2,1-2H3,(H,35,40)(H2,43,44,45)/t21-,22?,23+/m1/s1. The molecule has 2 aromatic carbocycles. The van der Waals surface area contributed by atoms with Crippen LogP contribution in [-0.2, 0) is 24.6 Å². The fraction of sp³-hybridized carbons (Fsp3) is 0.400. The molecule has 17 heteroatoms. The monoisotopic (exact) mass is 698 g/mol. The van der Waals surface area contributed by atoms with Gasteiger partial charge < -0.3 is 29.8 Å². The molecule has 47 heavy (non-hydrogen) atoms. The van der Waals surface area contributed by atoms with E-state index in [1.807, 2.05) is 0 Å². The van der Waals surface area contributed by atoms with Crippen molar-refractivity contribution in [2.75, 3.05) is 25.0 Å². The summed E-state index contributed by atoms with van der Waals surface area (Å²) in [6, 6.07) is 6.76. The third kappa shape index (κ3) is 6.77. The van der Waals surface area contributed by atoms with Crippen LogP contribution in [0.5, 0.6) is 0 Å². The van der Waals surface area contributed by atoms with Gasteiger partial charge in [-0.3, -0.25) is 23.7 Å². The minimum Gasteiger partial charge on any atom is -0.340 e. The Labute approximate surface area is 270 Å². The van der Waals surface area contributed by atoms with Crippen LogP contribution in [-0.4, -0.2) is 81.5 Å². The fourth-order valence-corrected chi connectivity index (χ4v) is 7.37. The van der Waals surface area contributed by atoms with Crippen molar-refractivity contribution < 1.29 is 51.1 Å². The second-order valence-electron chi connectivity index (χ2n) is 11.5. The van der Waals surface area contributed by atoms with E-state index in [4.69, 9.17) is 9.79 Å². The number of nitrogens with zero attached hydrogens (tertiary/aromatic N) is 3. The van der Waals surface area contributed by atoms with Gasteiger partial charge in [0.25, 0.3) is 12.3 Å². The van der Waals surface area contributed by atoms with Crippen molar-refractivity contribution in [2.45, 2.75) is 56.4 Å². The van der Waals surface area contributed by atoms with E-state index in [2.05, 4.69) is 5.32 Å². The van der Waals surface area contributed by atoms with Crippen molar-refractivity contribution in [3.05, 3.63) is 64.5 Å². The van der Waals surface area contributed by atoms with Crippen LogP contribution in [0.15, 0.2) is 48.5 Å². The Hall–Kier alpha value is -3.85. The maximum absolute atomic E-state index is 14.3. The van der Waals surface area contributed by atoms with E-state index in [1.165, 1.54) is 65.1 Å². The van der Waals surface area contributed by atoms with Gasteiger partial charge in [-0.1, -0.05) is 18.2 Å². The maximum atomic E-state index is 14.3. The molecule has 3 heterocycles. The van der Waals surface area contributed by atoms with E-state index in [-0.39, 0.29) is 34.8 Å². The quantitative estimate of drug-likeness (QED) is 0.244. The molecule has 3 aromatic rings. The lowest BCUT2D eigenvalue weighted by atomic mass is 10.1. The number of fused-ring (bicyclic) bond motifs is 2. The van der Waals surface area contributed by atoms with Gasteiger partial charge >= 0.3 is 13.3 Å². The molecule has 2 fully saturated rings. The molecule has 1 aromatic heterocycles. The average molecular weight is 699 g/mol. The molecule has 1 unspecified atom stereocenters. The van der Waals surface area contributed by atoms with Crippen LogP contribution in [0.25, 0.3) is 10.1 Å². The largest absolute Gasteiger partial charge is 0.399 e. The van der Waals surface area contributed by atoms with E-state index in [0.29, 0.717) is 29.6 Å². The Morgan fingerprint density at radius 1 is 1.06 bits per heavy atom. The van der Waals surface area contributed by atoms with E-state index >= 15 is 0 Å². The van der Waals surface area contributed by atoms with Crippen molar-refractivity contribution in [1.29, 1.82) is 0 Å². The van der Waals surface area contributed by atoms with Crippen LogP contribution in [0.1, 0.15) is 53.4 Å². The Morgan fingerprint density at radius 3 is 2.36 bits per heavy atom. The highest BCUT2D eigenvalue weighted by molar-refractivity contribution is 7.52. The maximum Gasteiger partial charge on any atom is 0.399 e. The van der Waals surface area contributed by atoms with Crippen molar-refractivity contribution in [1.82, 2.24) is 15.1 Å². The number of rotatable bonds is 7. The molecule has 2 aliphatic heterocycles. The number of likely N-dealkylation sites (N-methyl/N-ethyl adjacent to an activating group) is 1. The number of hydrogen-bond acceptors (Lipinski definition) is 6. The van der Waals surface area contributed by atoms with Crippen LogP contribution in [0.4, 0.5) is 23.2 Å². The van der Waals surface area contributed by atoms with Gasteiger partial charge in [-0.15, -0.1) is 11.3 Å². The smallest absolute Gasteiger partial charge is 0.340 e. The Balaban J connectivity index is 1.40. The number of carbonyl (C=O) groups is 4. The van der Waals surface area contributed by atoms with Crippen LogP contribution in [0, 0.1) is 0 Å². The third-order valence-electron chi connectivity index (χ3n) is 8.54. The Bertz CT molecular complexity index is 1770. The lowest BCUT2D eigenvalue weighted by molar-refractivity contribution is -0.144. The topological polar surface area (TPSA) is 148 Å². The number of anilines is 1. The highest BCUT2D eigenvalue weighted by Crippen LogP contribution is 2.59. The lowest BCUT2D eigenvalue weighted by Gasteiger charge is -2.39. The first kappa shape index (κ1) is 34.5. The lowest BCUT2D eigenvalue weighted by Crippen LogP contribution is -2.61. The van der Waals surface area contributed by atoms with Crippen molar-refractivity contribution in [2.24, 2.45) is 0 Å². The summed E-state index contributed by atoms with van der Waals surface area (Å²) in [6.07, 6.45) is -1.54. The number of alkyl halides is 4. The molecule has 0 bridgehead atoms. The van der Waals surface area contributed by atoms with Crippen molar-refractivity contribution in [3.63, 3.8) is 0 Å². The highest BCUT2D eigenvalue weighted by Gasteiger charge is 2.50. The predicted octanol–water partition coefficient (Wildman–Crippen LogP) is 4.44. The molecule has 0 spiro atoms. The van der Waals surface area contributed by atoms with E-state index in [9.17, 15) is 41.3 Å². The average Bonchev–Trinajstić information content (AvgIpc) is 3.64. The normalized spacial score (nSPS) is 20.6. The molecular formula is C30H31F4N4O7PS. The second-order valence-corrected chi connectivity index (χ2v) is 14.2. The van der Waals surface area contributed by atoms with Gasteiger partial charge in [0.15, 0.2) is 0 Å². The van der Waals surface area contributed by atoms with Crippen LogP contribution < -0.4 is 10.2 Å². The molecule has 2 saturated heterocycles. The summed E-state index contributed by atoms with van der Waals surface area (Å²) in [5, 5.41) is 2.76. The van der Waals surface area contributed by atoms with Gasteiger partial charge in [0.05, 0.1) is 4.88 Å². The molecule has 2 aliphatic rings. The number of thiophene rings is 1. The molecule has 0 aliphatic carbocycles. The molecule has 5 rings (SSSR count). The number of amides is 4. The van der Waals surface area contributed by atoms with Crippen LogP contribution in [0.3, 0.4) is 0 Å². The predicted molar refractivity (Wildman–Crippen MR) is 164 cm³/mol. The van der Waals surface area contributed by atoms with Gasteiger partial charge in [0, 0.05) is 54.6 Å². The summed E-state index contributed by atoms with van der Waals surface area (Å²) in [7, 11) is -4.35. The molecule has 4 amide bonds. The number of hydrogen-bond donors (Lipinski definition) is 3. The van der Waals surface area contributed by atoms with E-state index < -0.39 is 61.1 Å². The van der Waals surface area contributed by atoms with E-state index in [0.717, 1.165) is 23.5 Å². The van der Waals surface area contributed by atoms with Gasteiger partial charge in [-0.2, -0.15) is 8.78 Å². The van der Waals surface area contributed by atoms with Crippen molar-refractivity contribution >= 4 is 58.3 Å². The molecule has 3 N–H and O–H groups in total. The Morgan fingerprint density at radius 2 is 1.74 bits per heavy atom. The second kappa shape index (κ2) is 13.0. The number of nitrogens with one attached hydrogen (secondary N) is 1. The number of carbonyl (C=O) groups excluding carboxylic acids is 4. The summed E-state index contributed by atoms with van der Waals surface area (Å²) < 4.78 is 66.4. The zero-order valence-electron chi connectivity index (χ0n) is 25.1. The van der Waals surface area contributed by atoms with Gasteiger partial charge in [-0.25, -0.2) is 8.78 Å². The number of benzene rings is 2. The first-order valence-electron chi connectivity index (χ1n) is 14.5. The van der Waals surface area contributed by atoms with Gasteiger partial charge in [-0.05, 0) is 55.0 Å². The minimum atomic E-state index is -5.82. The first-order valence-corrected chi connectivity index (χ1v) is 16.9. The first-order chi connectivity index (χ1) is 22.0.